The van der Waals surface area contributed by atoms with Crippen LogP contribution in [0.4, 0.5) is 0 Å². The number of hydrogen-bond acceptors (Lipinski definition) is 3. The lowest BCUT2D eigenvalue weighted by molar-refractivity contribution is -0.147. The molecule has 0 aromatic heterocycles. The standard InChI is InChI=1S/C9H16NO3P/c1-4-6-10(14-3)8(11)7-9(12)13-5-2/h4,14H,1,5-7H2,2-3H3. The van der Waals surface area contributed by atoms with Gasteiger partial charge in [0.05, 0.1) is 6.61 Å². The third-order valence-electron chi connectivity index (χ3n) is 1.48. The van der Waals surface area contributed by atoms with Crippen molar-refractivity contribution in [1.29, 1.82) is 0 Å². The van der Waals surface area contributed by atoms with E-state index in [4.69, 9.17) is 0 Å². The van der Waals surface area contributed by atoms with E-state index in [0.717, 1.165) is 0 Å². The molecule has 0 aliphatic rings. The highest BCUT2D eigenvalue weighted by atomic mass is 31.1. The summed E-state index contributed by atoms with van der Waals surface area (Å²) in [6.45, 7) is 7.92. The van der Waals surface area contributed by atoms with Crippen molar-refractivity contribution in [3.05, 3.63) is 12.7 Å². The van der Waals surface area contributed by atoms with Gasteiger partial charge in [-0.1, -0.05) is 6.08 Å². The molecule has 0 heterocycles. The van der Waals surface area contributed by atoms with Crippen molar-refractivity contribution in [1.82, 2.24) is 4.67 Å². The first-order valence-electron chi connectivity index (χ1n) is 4.40. The Kier molecular flexibility index (Phi) is 7.03. The quantitative estimate of drug-likeness (QED) is 0.290. The van der Waals surface area contributed by atoms with Crippen LogP contribution >= 0.6 is 8.73 Å². The Balaban J connectivity index is 4.02. The van der Waals surface area contributed by atoms with E-state index in [1.165, 1.54) is 0 Å². The van der Waals surface area contributed by atoms with Gasteiger partial charge in [-0.25, -0.2) is 0 Å². The number of nitrogens with zero attached hydrogens (tertiary/aromatic N) is 1. The summed E-state index contributed by atoms with van der Waals surface area (Å²) in [6, 6.07) is 0. The molecule has 0 N–H and O–H groups in total. The maximum absolute atomic E-state index is 11.4. The zero-order valence-corrected chi connectivity index (χ0v) is 9.58. The smallest absolute Gasteiger partial charge is 0.315 e. The second-order valence-electron chi connectivity index (χ2n) is 2.50. The van der Waals surface area contributed by atoms with Gasteiger partial charge in [-0.05, 0) is 22.3 Å². The first-order chi connectivity index (χ1) is 6.65. The molecule has 5 heteroatoms. The second kappa shape index (κ2) is 7.51. The summed E-state index contributed by atoms with van der Waals surface area (Å²) in [6.07, 6.45) is 1.46. The molecule has 14 heavy (non-hydrogen) atoms. The average Bonchev–Trinajstić information content (AvgIpc) is 2.14. The third-order valence-corrected chi connectivity index (χ3v) is 2.46. The zero-order valence-electron chi connectivity index (χ0n) is 8.58. The lowest BCUT2D eigenvalue weighted by Gasteiger charge is -2.17. The van der Waals surface area contributed by atoms with Crippen molar-refractivity contribution >= 4 is 20.6 Å². The molecule has 0 aromatic rings. The van der Waals surface area contributed by atoms with Crippen molar-refractivity contribution in [3.63, 3.8) is 0 Å². The van der Waals surface area contributed by atoms with Gasteiger partial charge in [0.25, 0.3) is 0 Å². The van der Waals surface area contributed by atoms with E-state index in [9.17, 15) is 9.59 Å². The van der Waals surface area contributed by atoms with Crippen LogP contribution in [0.2, 0.25) is 0 Å². The molecule has 0 bridgehead atoms. The molecule has 1 amide bonds. The largest absolute Gasteiger partial charge is 0.466 e. The monoisotopic (exact) mass is 217 g/mol. The average molecular weight is 217 g/mol. The maximum atomic E-state index is 11.4. The van der Waals surface area contributed by atoms with Gasteiger partial charge in [-0.15, -0.1) is 6.58 Å². The van der Waals surface area contributed by atoms with Gasteiger partial charge < -0.3 is 9.41 Å². The molecule has 0 aliphatic heterocycles. The van der Waals surface area contributed by atoms with Crippen molar-refractivity contribution in [2.24, 2.45) is 0 Å². The van der Waals surface area contributed by atoms with Crippen LogP contribution in [0.5, 0.6) is 0 Å². The van der Waals surface area contributed by atoms with Crippen LogP contribution in [0.25, 0.3) is 0 Å². The van der Waals surface area contributed by atoms with Crippen molar-refractivity contribution in [3.8, 4) is 0 Å². The van der Waals surface area contributed by atoms with Crippen LogP contribution in [0.15, 0.2) is 12.7 Å². The van der Waals surface area contributed by atoms with E-state index in [-0.39, 0.29) is 12.3 Å². The summed E-state index contributed by atoms with van der Waals surface area (Å²) in [5, 5.41) is 0. The molecule has 1 atom stereocenters. The number of hydrogen-bond donors (Lipinski definition) is 0. The molecule has 80 valence electrons. The van der Waals surface area contributed by atoms with E-state index in [0.29, 0.717) is 21.9 Å². The first kappa shape index (κ1) is 13.1. The van der Waals surface area contributed by atoms with E-state index in [1.807, 2.05) is 6.66 Å². The summed E-state index contributed by atoms with van der Waals surface area (Å²) < 4.78 is 6.25. The van der Waals surface area contributed by atoms with Gasteiger partial charge in [0.1, 0.15) is 6.42 Å². The molecule has 0 spiro atoms. The Morgan fingerprint density at radius 3 is 2.64 bits per heavy atom. The first-order valence-corrected chi connectivity index (χ1v) is 5.84. The highest BCUT2D eigenvalue weighted by molar-refractivity contribution is 7.35. The minimum absolute atomic E-state index is 0.178. The van der Waals surface area contributed by atoms with Gasteiger partial charge in [-0.3, -0.25) is 9.59 Å². The van der Waals surface area contributed by atoms with Crippen LogP contribution in [0.3, 0.4) is 0 Å². The predicted molar refractivity (Wildman–Crippen MR) is 57.4 cm³/mol. The lowest BCUT2D eigenvalue weighted by Crippen LogP contribution is -2.26. The number of carbonyl (C=O) groups is 2. The molecule has 0 rings (SSSR count). The van der Waals surface area contributed by atoms with Gasteiger partial charge >= 0.3 is 5.97 Å². The SMILES string of the molecule is C=CCN(PC)C(=O)CC(=O)OCC. The Morgan fingerprint density at radius 1 is 1.57 bits per heavy atom. The van der Waals surface area contributed by atoms with E-state index in [1.54, 1.807) is 17.7 Å². The number of amides is 1. The molecule has 4 nitrogen and oxygen atoms in total. The molecular weight excluding hydrogens is 201 g/mol. The third kappa shape index (κ3) is 4.97. The number of esters is 1. The van der Waals surface area contributed by atoms with Crippen LogP contribution in [-0.4, -0.2) is 36.4 Å². The van der Waals surface area contributed by atoms with Gasteiger partial charge in [-0.2, -0.15) is 0 Å². The van der Waals surface area contributed by atoms with Crippen molar-refractivity contribution in [2.45, 2.75) is 13.3 Å². The van der Waals surface area contributed by atoms with Crippen molar-refractivity contribution < 1.29 is 14.3 Å². The highest BCUT2D eigenvalue weighted by Gasteiger charge is 2.15. The predicted octanol–water partition coefficient (Wildman–Crippen LogP) is 1.18. The number of carbonyl (C=O) groups excluding carboxylic acids is 2. The normalized spacial score (nSPS) is 10.1. The number of ether oxygens (including phenoxy) is 1. The Bertz CT molecular complexity index is 218. The Hall–Kier alpha value is -0.890. The van der Waals surface area contributed by atoms with Gasteiger partial charge in [0.15, 0.2) is 0 Å². The molecule has 0 aliphatic carbocycles. The second-order valence-corrected chi connectivity index (χ2v) is 3.49. The molecule has 0 saturated carbocycles. The fraction of sp³-hybridized carbons (Fsp3) is 0.556. The summed E-state index contributed by atoms with van der Waals surface area (Å²) in [4.78, 5) is 22.4. The molecule has 0 aromatic carbocycles. The zero-order chi connectivity index (χ0) is 11.0. The summed E-state index contributed by atoms with van der Waals surface area (Å²) >= 11 is 0. The van der Waals surface area contributed by atoms with Gasteiger partial charge in [0, 0.05) is 6.54 Å². The van der Waals surface area contributed by atoms with Crippen LogP contribution in [-0.2, 0) is 14.3 Å². The maximum Gasteiger partial charge on any atom is 0.315 e. The van der Waals surface area contributed by atoms with Crippen molar-refractivity contribution in [2.75, 3.05) is 19.8 Å². The molecule has 0 saturated heterocycles. The Labute approximate surface area is 86.1 Å². The van der Waals surface area contributed by atoms with E-state index in [2.05, 4.69) is 11.3 Å². The summed E-state index contributed by atoms with van der Waals surface area (Å²) in [5.41, 5.74) is 0. The molecule has 0 radical (unpaired) electrons. The van der Waals surface area contributed by atoms with Crippen LogP contribution in [0, 0.1) is 0 Å². The van der Waals surface area contributed by atoms with Gasteiger partial charge in [0.2, 0.25) is 5.91 Å². The fourth-order valence-electron chi connectivity index (χ4n) is 0.878. The lowest BCUT2D eigenvalue weighted by atomic mass is 10.4. The van der Waals surface area contributed by atoms with Crippen LogP contribution < -0.4 is 0 Å². The highest BCUT2D eigenvalue weighted by Crippen LogP contribution is 2.14. The topological polar surface area (TPSA) is 46.6 Å². The molecular formula is C9H16NO3P. The van der Waals surface area contributed by atoms with E-state index >= 15 is 0 Å². The number of rotatable bonds is 6. The molecule has 0 fully saturated rings. The molecule has 1 unspecified atom stereocenters. The summed E-state index contributed by atoms with van der Waals surface area (Å²) in [7, 11) is 0.342. The van der Waals surface area contributed by atoms with E-state index < -0.39 is 5.97 Å². The summed E-state index contributed by atoms with van der Waals surface area (Å²) in [5.74, 6) is -0.672. The minimum Gasteiger partial charge on any atom is -0.466 e. The fourth-order valence-corrected chi connectivity index (χ4v) is 1.52. The Morgan fingerprint density at radius 2 is 2.21 bits per heavy atom. The van der Waals surface area contributed by atoms with Crippen LogP contribution in [0.1, 0.15) is 13.3 Å². The minimum atomic E-state index is -0.468.